The Morgan fingerprint density at radius 3 is 2.83 bits per heavy atom. The summed E-state index contributed by atoms with van der Waals surface area (Å²) >= 11 is 0. The molecule has 4 rings (SSSR count). The summed E-state index contributed by atoms with van der Waals surface area (Å²) in [4.78, 5) is 29.6. The van der Waals surface area contributed by atoms with Crippen molar-refractivity contribution in [1.82, 2.24) is 19.9 Å². The molecule has 0 atom stereocenters. The largest absolute Gasteiger partial charge is 0.493 e. The van der Waals surface area contributed by atoms with Crippen molar-refractivity contribution in [3.05, 3.63) is 40.5 Å². The van der Waals surface area contributed by atoms with E-state index in [1.807, 2.05) is 17.0 Å². The van der Waals surface area contributed by atoms with Gasteiger partial charge in [-0.05, 0) is 44.7 Å². The predicted octanol–water partition coefficient (Wildman–Crippen LogP) is 1.93. The predicted molar refractivity (Wildman–Crippen MR) is 111 cm³/mol. The second-order valence-electron chi connectivity index (χ2n) is 6.76. The van der Waals surface area contributed by atoms with E-state index < -0.39 is 0 Å². The van der Waals surface area contributed by atoms with Gasteiger partial charge in [0.25, 0.3) is 5.91 Å². The lowest BCUT2D eigenvalue weighted by Crippen LogP contribution is -2.29. The van der Waals surface area contributed by atoms with Crippen LogP contribution in [0.5, 0.6) is 17.6 Å². The van der Waals surface area contributed by atoms with Gasteiger partial charge in [0, 0.05) is 30.1 Å². The third kappa shape index (κ3) is 3.69. The standard InChI is InChI=1S/C21H21N5O3/c1-3-15-18(12-22-2)24-21(25-19(15)27)29-14-7-6-13-10-17(23-16(13)11-14)20(28)26-8-4-5-9-26/h3,6-7,10-12,23H,2,4-5,8-9H2,1H3,(H,24,25,27)/b15-3+,18-12+. The number of carbonyl (C=O) groups is 1. The van der Waals surface area contributed by atoms with E-state index in [0.29, 0.717) is 22.0 Å². The highest BCUT2D eigenvalue weighted by atomic mass is 16.5. The Morgan fingerprint density at radius 2 is 2.10 bits per heavy atom. The summed E-state index contributed by atoms with van der Waals surface area (Å²) in [5.41, 5.74) is 1.33. The Hall–Kier alpha value is -3.68. The summed E-state index contributed by atoms with van der Waals surface area (Å²) in [5, 5.41) is 11.9. The molecule has 1 aliphatic rings. The number of likely N-dealkylation sites (tertiary alicyclic amines) is 1. The number of aromatic hydroxyl groups is 1. The number of aromatic nitrogens is 3. The van der Waals surface area contributed by atoms with Crippen LogP contribution >= 0.6 is 0 Å². The molecule has 3 heterocycles. The smallest absolute Gasteiger partial charge is 0.325 e. The Balaban J connectivity index is 1.64. The number of carbonyl (C=O) groups excluding carboxylic acids is 1. The maximum absolute atomic E-state index is 12.6. The molecule has 1 fully saturated rings. The van der Waals surface area contributed by atoms with Gasteiger partial charge in [0.1, 0.15) is 11.4 Å². The van der Waals surface area contributed by atoms with Gasteiger partial charge in [0.2, 0.25) is 5.88 Å². The van der Waals surface area contributed by atoms with Gasteiger partial charge in [-0.15, -0.1) is 0 Å². The minimum Gasteiger partial charge on any atom is -0.493 e. The lowest BCUT2D eigenvalue weighted by atomic mass is 10.2. The van der Waals surface area contributed by atoms with Gasteiger partial charge in [-0.2, -0.15) is 9.97 Å². The molecule has 0 radical (unpaired) electrons. The lowest BCUT2D eigenvalue weighted by Gasteiger charge is -2.13. The number of fused-ring (bicyclic) bond motifs is 1. The first-order chi connectivity index (χ1) is 14.1. The maximum Gasteiger partial charge on any atom is 0.325 e. The minimum atomic E-state index is -0.202. The van der Waals surface area contributed by atoms with Crippen molar-refractivity contribution >= 4 is 35.8 Å². The van der Waals surface area contributed by atoms with Crippen LogP contribution in [0.3, 0.4) is 0 Å². The summed E-state index contributed by atoms with van der Waals surface area (Å²) in [6, 6.07) is 7.22. The minimum absolute atomic E-state index is 0.0118. The highest BCUT2D eigenvalue weighted by molar-refractivity contribution is 5.98. The molecule has 0 spiro atoms. The Kier molecular flexibility index (Phi) is 4.99. The van der Waals surface area contributed by atoms with E-state index in [2.05, 4.69) is 26.7 Å². The van der Waals surface area contributed by atoms with Crippen molar-refractivity contribution in [1.29, 1.82) is 0 Å². The highest BCUT2D eigenvalue weighted by Crippen LogP contribution is 2.25. The summed E-state index contributed by atoms with van der Waals surface area (Å²) in [7, 11) is 0. The van der Waals surface area contributed by atoms with Crippen LogP contribution in [-0.4, -0.2) is 50.7 Å². The average Bonchev–Trinajstić information content (AvgIpc) is 3.37. The van der Waals surface area contributed by atoms with E-state index in [1.54, 1.807) is 25.1 Å². The number of nitrogens with zero attached hydrogens (tertiary/aromatic N) is 4. The Labute approximate surface area is 166 Å². The van der Waals surface area contributed by atoms with Crippen LogP contribution in [0.2, 0.25) is 0 Å². The number of ether oxygens (including phenoxy) is 1. The first kappa shape index (κ1) is 18.7. The molecule has 1 aliphatic heterocycles. The topological polar surface area (TPSA) is 104 Å². The Morgan fingerprint density at radius 1 is 1.31 bits per heavy atom. The fourth-order valence-corrected chi connectivity index (χ4v) is 3.44. The monoisotopic (exact) mass is 391 g/mol. The van der Waals surface area contributed by atoms with Crippen LogP contribution in [0.25, 0.3) is 23.2 Å². The number of amides is 1. The maximum atomic E-state index is 12.6. The summed E-state index contributed by atoms with van der Waals surface area (Å²) in [5.74, 6) is 0.287. The second kappa shape index (κ2) is 7.75. The van der Waals surface area contributed by atoms with E-state index in [-0.39, 0.29) is 17.8 Å². The third-order valence-electron chi connectivity index (χ3n) is 4.86. The molecule has 148 valence electrons. The van der Waals surface area contributed by atoms with Gasteiger partial charge in [-0.25, -0.2) is 0 Å². The molecular weight excluding hydrogens is 370 g/mol. The molecule has 0 unspecified atom stereocenters. The van der Waals surface area contributed by atoms with Gasteiger partial charge in [0.05, 0.1) is 16.8 Å². The average molecular weight is 391 g/mol. The summed E-state index contributed by atoms with van der Waals surface area (Å²) in [6.45, 7) is 6.78. The van der Waals surface area contributed by atoms with Crippen molar-refractivity contribution in [3.8, 4) is 17.6 Å². The van der Waals surface area contributed by atoms with E-state index >= 15 is 0 Å². The van der Waals surface area contributed by atoms with Crippen LogP contribution < -0.4 is 15.3 Å². The molecule has 0 bridgehead atoms. The zero-order valence-corrected chi connectivity index (χ0v) is 16.1. The number of aromatic amines is 1. The van der Waals surface area contributed by atoms with Crippen LogP contribution in [0, 0.1) is 0 Å². The van der Waals surface area contributed by atoms with Crippen molar-refractivity contribution in [3.63, 3.8) is 0 Å². The quantitative estimate of drug-likeness (QED) is 0.662. The van der Waals surface area contributed by atoms with E-state index in [4.69, 9.17) is 4.74 Å². The molecular formula is C21H21N5O3. The molecule has 2 N–H and O–H groups in total. The number of H-pyrrole nitrogens is 1. The molecule has 1 aromatic carbocycles. The first-order valence-electron chi connectivity index (χ1n) is 9.38. The molecule has 3 aromatic rings. The van der Waals surface area contributed by atoms with Crippen molar-refractivity contribution in [2.75, 3.05) is 13.1 Å². The number of nitrogens with one attached hydrogen (secondary N) is 1. The molecule has 0 saturated carbocycles. The van der Waals surface area contributed by atoms with Crippen molar-refractivity contribution in [2.45, 2.75) is 19.8 Å². The molecule has 8 nitrogen and oxygen atoms in total. The Bertz CT molecular complexity index is 1210. The van der Waals surface area contributed by atoms with Gasteiger partial charge < -0.3 is 19.7 Å². The van der Waals surface area contributed by atoms with Crippen LogP contribution in [0.15, 0.2) is 29.3 Å². The van der Waals surface area contributed by atoms with Crippen LogP contribution in [0.4, 0.5) is 0 Å². The zero-order valence-electron chi connectivity index (χ0n) is 16.1. The third-order valence-corrected chi connectivity index (χ3v) is 4.86. The van der Waals surface area contributed by atoms with Crippen molar-refractivity contribution in [2.24, 2.45) is 4.99 Å². The second-order valence-corrected chi connectivity index (χ2v) is 6.76. The molecule has 2 aromatic heterocycles. The van der Waals surface area contributed by atoms with Gasteiger partial charge in [0.15, 0.2) is 0 Å². The molecule has 1 amide bonds. The SMILES string of the molecule is C=N/C=c1/nc(Oc2ccc3cc(C(=O)N4CCCC4)[nH]c3c2)nc(O)/c1=C/C. The number of hydrogen-bond acceptors (Lipinski definition) is 6. The van der Waals surface area contributed by atoms with Gasteiger partial charge in [-0.1, -0.05) is 6.08 Å². The summed E-state index contributed by atoms with van der Waals surface area (Å²) in [6.07, 6.45) is 5.20. The van der Waals surface area contributed by atoms with E-state index in [0.717, 1.165) is 36.8 Å². The molecule has 0 aliphatic carbocycles. The lowest BCUT2D eigenvalue weighted by molar-refractivity contribution is 0.0788. The van der Waals surface area contributed by atoms with Gasteiger partial charge in [-0.3, -0.25) is 9.79 Å². The molecule has 8 heteroatoms. The fraction of sp³-hybridized carbons (Fsp3) is 0.238. The molecule has 29 heavy (non-hydrogen) atoms. The van der Waals surface area contributed by atoms with E-state index in [1.165, 1.54) is 6.20 Å². The van der Waals surface area contributed by atoms with Crippen LogP contribution in [0.1, 0.15) is 30.3 Å². The van der Waals surface area contributed by atoms with Crippen LogP contribution in [-0.2, 0) is 0 Å². The normalized spacial score (nSPS) is 15.3. The number of hydrogen-bond donors (Lipinski definition) is 2. The number of rotatable bonds is 4. The summed E-state index contributed by atoms with van der Waals surface area (Å²) < 4.78 is 5.73. The highest BCUT2D eigenvalue weighted by Gasteiger charge is 2.21. The molecule has 1 saturated heterocycles. The number of aliphatic imine (C=N–C) groups is 1. The van der Waals surface area contributed by atoms with E-state index in [9.17, 15) is 9.90 Å². The first-order valence-corrected chi connectivity index (χ1v) is 9.38. The fourth-order valence-electron chi connectivity index (χ4n) is 3.44. The zero-order chi connectivity index (χ0) is 20.4. The van der Waals surface area contributed by atoms with Crippen molar-refractivity contribution < 1.29 is 14.6 Å². The van der Waals surface area contributed by atoms with Gasteiger partial charge >= 0.3 is 6.01 Å². The number of benzene rings is 1.